The van der Waals surface area contributed by atoms with Crippen LogP contribution in [0.3, 0.4) is 0 Å². The first-order valence-corrected chi connectivity index (χ1v) is 12.5. The summed E-state index contributed by atoms with van der Waals surface area (Å²) in [6.45, 7) is 1.58. The zero-order valence-corrected chi connectivity index (χ0v) is 21.3. The van der Waals surface area contributed by atoms with Gasteiger partial charge >= 0.3 is 6.18 Å². The Kier molecular flexibility index (Phi) is 7.19. The van der Waals surface area contributed by atoms with Crippen molar-refractivity contribution in [3.63, 3.8) is 0 Å². The number of fused-ring (bicyclic) bond motifs is 1. The fourth-order valence-electron chi connectivity index (χ4n) is 4.67. The lowest BCUT2D eigenvalue weighted by Gasteiger charge is -2.16. The van der Waals surface area contributed by atoms with Crippen LogP contribution in [0.15, 0.2) is 24.5 Å². The number of carbonyl (C=O) groups is 2. The number of carbonyl (C=O) groups excluding carboxylic acids is 2. The summed E-state index contributed by atoms with van der Waals surface area (Å²) in [5.41, 5.74) is 0.272. The molecule has 1 saturated heterocycles. The topological polar surface area (TPSA) is 109 Å². The molecule has 0 bridgehead atoms. The minimum Gasteiger partial charge on any atom is -0.493 e. The lowest BCUT2D eigenvalue weighted by molar-refractivity contribution is -0.137. The van der Waals surface area contributed by atoms with E-state index in [0.717, 1.165) is 31.3 Å². The van der Waals surface area contributed by atoms with E-state index in [4.69, 9.17) is 9.47 Å². The van der Waals surface area contributed by atoms with Crippen LogP contribution in [0.4, 0.5) is 17.6 Å². The zero-order valence-electron chi connectivity index (χ0n) is 21.3. The van der Waals surface area contributed by atoms with Crippen LogP contribution < -0.4 is 10.1 Å². The molecule has 1 aromatic carbocycles. The van der Waals surface area contributed by atoms with Gasteiger partial charge in [-0.25, -0.2) is 14.4 Å². The number of aromatic nitrogens is 3. The number of nitrogens with zero attached hydrogens (tertiary/aromatic N) is 3. The number of rotatable bonds is 8. The van der Waals surface area contributed by atoms with E-state index in [1.165, 1.54) is 18.1 Å². The van der Waals surface area contributed by atoms with Gasteiger partial charge in [-0.2, -0.15) is 13.2 Å². The Hall–Kier alpha value is -3.74. The fraction of sp³-hybridized carbons (Fsp3) is 0.462. The number of amides is 2. The summed E-state index contributed by atoms with van der Waals surface area (Å²) in [6, 6.07) is 2.25. The summed E-state index contributed by atoms with van der Waals surface area (Å²) >= 11 is 0. The summed E-state index contributed by atoms with van der Waals surface area (Å²) in [4.78, 5) is 38.1. The normalized spacial score (nSPS) is 19.5. The lowest BCUT2D eigenvalue weighted by atomic mass is 10.0. The first kappa shape index (κ1) is 26.9. The molecule has 3 heterocycles. The molecular weight excluding hydrogens is 522 g/mol. The van der Waals surface area contributed by atoms with Gasteiger partial charge in [0.05, 0.1) is 35.8 Å². The number of nitrogens with one attached hydrogen (secondary N) is 2. The van der Waals surface area contributed by atoms with Gasteiger partial charge in [0.1, 0.15) is 36.1 Å². The van der Waals surface area contributed by atoms with Crippen molar-refractivity contribution in [3.8, 4) is 17.0 Å². The molecule has 208 valence electrons. The maximum absolute atomic E-state index is 14.7. The van der Waals surface area contributed by atoms with Gasteiger partial charge in [0.2, 0.25) is 5.91 Å². The smallest absolute Gasteiger partial charge is 0.416 e. The van der Waals surface area contributed by atoms with Crippen molar-refractivity contribution >= 4 is 22.8 Å². The van der Waals surface area contributed by atoms with Gasteiger partial charge in [-0.3, -0.25) is 9.59 Å². The van der Waals surface area contributed by atoms with Crippen LogP contribution >= 0.6 is 0 Å². The molecule has 39 heavy (non-hydrogen) atoms. The number of methoxy groups -OCH3 is 1. The van der Waals surface area contributed by atoms with Crippen LogP contribution in [-0.2, 0) is 15.7 Å². The largest absolute Gasteiger partial charge is 0.493 e. The highest BCUT2D eigenvalue weighted by atomic mass is 19.4. The minimum absolute atomic E-state index is 0.0251. The van der Waals surface area contributed by atoms with E-state index in [1.54, 1.807) is 6.92 Å². The van der Waals surface area contributed by atoms with E-state index in [0.29, 0.717) is 18.2 Å². The third kappa shape index (κ3) is 5.54. The van der Waals surface area contributed by atoms with E-state index >= 15 is 0 Å². The summed E-state index contributed by atoms with van der Waals surface area (Å²) in [5, 5.41) is 2.63. The number of aromatic amines is 1. The molecule has 1 saturated carbocycles. The number of ether oxygens (including phenoxy) is 2. The van der Waals surface area contributed by atoms with Crippen LogP contribution in [0.2, 0.25) is 0 Å². The van der Waals surface area contributed by atoms with Gasteiger partial charge in [0, 0.05) is 24.9 Å². The first-order chi connectivity index (χ1) is 18.6. The van der Waals surface area contributed by atoms with Gasteiger partial charge in [-0.05, 0) is 43.9 Å². The Balaban J connectivity index is 1.48. The van der Waals surface area contributed by atoms with Crippen LogP contribution in [0.1, 0.15) is 34.5 Å². The molecule has 13 heteroatoms. The first-order valence-electron chi connectivity index (χ1n) is 12.5. The molecular formula is C26H27F4N5O4. The van der Waals surface area contributed by atoms with Crippen molar-refractivity contribution < 1.29 is 36.6 Å². The molecule has 2 amide bonds. The second kappa shape index (κ2) is 10.4. The quantitative estimate of drug-likeness (QED) is 0.415. The van der Waals surface area contributed by atoms with Gasteiger partial charge in [-0.15, -0.1) is 0 Å². The highest BCUT2D eigenvalue weighted by Gasteiger charge is 2.37. The Morgan fingerprint density at radius 3 is 2.67 bits per heavy atom. The average Bonchev–Trinajstić information content (AvgIpc) is 3.55. The maximum Gasteiger partial charge on any atom is 0.416 e. The number of likely N-dealkylation sites (tertiary alicyclic amines) is 1. The lowest BCUT2D eigenvalue weighted by Crippen LogP contribution is -2.42. The predicted molar refractivity (Wildman–Crippen MR) is 132 cm³/mol. The van der Waals surface area contributed by atoms with Gasteiger partial charge in [-0.1, -0.05) is 0 Å². The van der Waals surface area contributed by atoms with Crippen molar-refractivity contribution in [1.82, 2.24) is 25.2 Å². The van der Waals surface area contributed by atoms with Crippen molar-refractivity contribution in [2.45, 2.75) is 38.2 Å². The second-order valence-corrected chi connectivity index (χ2v) is 9.86. The molecule has 5 rings (SSSR count). The van der Waals surface area contributed by atoms with Crippen LogP contribution in [-0.4, -0.2) is 77.3 Å². The van der Waals surface area contributed by atoms with Gasteiger partial charge < -0.3 is 24.7 Å². The molecule has 2 aliphatic rings. The molecule has 9 nitrogen and oxygen atoms in total. The van der Waals surface area contributed by atoms with Crippen LogP contribution in [0, 0.1) is 12.8 Å². The Morgan fingerprint density at radius 2 is 1.97 bits per heavy atom. The standard InChI is InChI=1S/C26H27F4N5O4/c1-13-21(25(37)34-18-9-35(8-17(18)27)20(36)11-38-2)23-24(33-13)22(31-12-32-23)16-7-15(26(28,29)30)5-6-19(16)39-10-14-3-4-14/h5-7,12,14,17-18,33H,3-4,8-11H2,1-2H3,(H,34,37)/t17-,18+/m0/s1. The molecule has 2 N–H and O–H groups in total. The molecule has 2 atom stereocenters. The summed E-state index contributed by atoms with van der Waals surface area (Å²) in [7, 11) is 1.36. The fourth-order valence-corrected chi connectivity index (χ4v) is 4.67. The van der Waals surface area contributed by atoms with Gasteiger partial charge in [0.25, 0.3) is 5.91 Å². The van der Waals surface area contributed by atoms with Crippen LogP contribution in [0.25, 0.3) is 22.3 Å². The van der Waals surface area contributed by atoms with E-state index in [1.807, 2.05) is 0 Å². The zero-order chi connectivity index (χ0) is 27.9. The highest BCUT2D eigenvalue weighted by molar-refractivity contribution is 6.09. The summed E-state index contributed by atoms with van der Waals surface area (Å²) < 4.78 is 66.1. The van der Waals surface area contributed by atoms with E-state index in [9.17, 15) is 27.2 Å². The average molecular weight is 550 g/mol. The number of halogens is 4. The Bertz CT molecular complexity index is 1400. The number of hydrogen-bond acceptors (Lipinski definition) is 6. The number of benzene rings is 1. The molecule has 1 aliphatic carbocycles. The SMILES string of the molecule is COCC(=O)N1C[C@H](F)[C@H](NC(=O)c2c(C)[nH]c3c(-c4cc(C(F)(F)F)ccc4OCC4CC4)ncnc23)C1. The Labute approximate surface area is 220 Å². The van der Waals surface area contributed by atoms with E-state index in [2.05, 4.69) is 20.3 Å². The number of alkyl halides is 4. The van der Waals surface area contributed by atoms with Crippen molar-refractivity contribution in [1.29, 1.82) is 0 Å². The molecule has 3 aromatic rings. The molecule has 2 fully saturated rings. The van der Waals surface area contributed by atoms with Crippen molar-refractivity contribution in [2.24, 2.45) is 5.92 Å². The molecule has 2 aromatic heterocycles. The number of aryl methyl sites for hydroxylation is 1. The molecule has 0 spiro atoms. The van der Waals surface area contributed by atoms with Crippen LogP contribution in [0.5, 0.6) is 5.75 Å². The molecule has 1 aliphatic heterocycles. The summed E-state index contributed by atoms with van der Waals surface area (Å²) in [6.07, 6.45) is -2.91. The monoisotopic (exact) mass is 549 g/mol. The molecule has 0 unspecified atom stereocenters. The highest BCUT2D eigenvalue weighted by Crippen LogP contribution is 2.40. The van der Waals surface area contributed by atoms with E-state index in [-0.39, 0.29) is 53.3 Å². The summed E-state index contributed by atoms with van der Waals surface area (Å²) in [5.74, 6) is -0.422. The third-order valence-electron chi connectivity index (χ3n) is 6.92. The predicted octanol–water partition coefficient (Wildman–Crippen LogP) is 3.67. The molecule has 0 radical (unpaired) electrons. The van der Waals surface area contributed by atoms with Crippen molar-refractivity contribution in [2.75, 3.05) is 33.4 Å². The maximum atomic E-state index is 14.7. The van der Waals surface area contributed by atoms with E-state index < -0.39 is 35.8 Å². The second-order valence-electron chi connectivity index (χ2n) is 9.86. The van der Waals surface area contributed by atoms with Gasteiger partial charge in [0.15, 0.2) is 0 Å². The number of H-pyrrole nitrogens is 1. The van der Waals surface area contributed by atoms with Crippen molar-refractivity contribution in [3.05, 3.63) is 41.3 Å². The number of hydrogen-bond donors (Lipinski definition) is 2. The third-order valence-corrected chi connectivity index (χ3v) is 6.92. The minimum atomic E-state index is -4.59. The Morgan fingerprint density at radius 1 is 1.21 bits per heavy atom.